The Labute approximate surface area is 229 Å². The summed E-state index contributed by atoms with van der Waals surface area (Å²) in [4.78, 5) is 37.2. The van der Waals surface area contributed by atoms with E-state index in [0.717, 1.165) is 22.3 Å². The summed E-state index contributed by atoms with van der Waals surface area (Å²) in [7, 11) is 0. The number of rotatable bonds is 9. The van der Waals surface area contributed by atoms with E-state index >= 15 is 0 Å². The number of benzene rings is 3. The van der Waals surface area contributed by atoms with Gasteiger partial charge in [-0.3, -0.25) is 15.0 Å². The molecule has 0 aromatic heterocycles. The number of hydrogen-bond acceptors (Lipinski definition) is 7. The summed E-state index contributed by atoms with van der Waals surface area (Å²) in [5.74, 6) is -1.21. The number of amides is 2. The lowest BCUT2D eigenvalue weighted by Gasteiger charge is -2.16. The molecule has 10 heteroatoms. The van der Waals surface area contributed by atoms with Crippen molar-refractivity contribution in [2.75, 3.05) is 0 Å². The highest BCUT2D eigenvalue weighted by Gasteiger charge is 2.34. The smallest absolute Gasteiger partial charge is 0.344 e. The highest BCUT2D eigenvalue weighted by Crippen LogP contribution is 2.33. The van der Waals surface area contributed by atoms with Crippen molar-refractivity contribution in [3.05, 3.63) is 100.0 Å². The first kappa shape index (κ1) is 26.9. The summed E-state index contributed by atoms with van der Waals surface area (Å²) in [5.41, 5.74) is 5.59. The summed E-state index contributed by atoms with van der Waals surface area (Å²) in [6.45, 7) is 3.83. The molecule has 1 aliphatic heterocycles. The Morgan fingerprint density at radius 1 is 1.08 bits per heavy atom. The molecule has 4 rings (SSSR count). The molecule has 1 atom stereocenters. The molecule has 0 radical (unpaired) electrons. The van der Waals surface area contributed by atoms with Crippen LogP contribution >= 0.6 is 24.0 Å². The molecule has 38 heavy (non-hydrogen) atoms. The van der Waals surface area contributed by atoms with E-state index in [2.05, 4.69) is 5.43 Å². The zero-order valence-corrected chi connectivity index (χ0v) is 22.2. The number of ether oxygens (including phenoxy) is 2. The molecule has 0 saturated carbocycles. The lowest BCUT2D eigenvalue weighted by atomic mass is 10.1. The van der Waals surface area contributed by atoms with E-state index in [0.29, 0.717) is 29.2 Å². The predicted molar refractivity (Wildman–Crippen MR) is 149 cm³/mol. The van der Waals surface area contributed by atoms with Crippen LogP contribution < -0.4 is 14.9 Å². The Bertz CT molecular complexity index is 1400. The third kappa shape index (κ3) is 6.58. The predicted octanol–water partition coefficient (Wildman–Crippen LogP) is 4.97. The third-order valence-electron chi connectivity index (χ3n) is 5.51. The van der Waals surface area contributed by atoms with Gasteiger partial charge in [0.2, 0.25) is 0 Å². The molecule has 3 aromatic carbocycles. The van der Waals surface area contributed by atoms with Gasteiger partial charge in [-0.05, 0) is 68.0 Å². The van der Waals surface area contributed by atoms with Crippen LogP contribution in [0.25, 0.3) is 6.08 Å². The van der Waals surface area contributed by atoms with Crippen LogP contribution in [0.15, 0.2) is 77.7 Å². The van der Waals surface area contributed by atoms with Gasteiger partial charge in [0, 0.05) is 11.1 Å². The van der Waals surface area contributed by atoms with Gasteiger partial charge in [0.1, 0.15) is 18.1 Å². The molecular weight excluding hydrogens is 524 g/mol. The molecule has 0 aliphatic carbocycles. The molecule has 3 aromatic rings. The van der Waals surface area contributed by atoms with Gasteiger partial charge in [0.05, 0.1) is 4.91 Å². The van der Waals surface area contributed by atoms with Gasteiger partial charge in [-0.1, -0.05) is 59.8 Å². The largest absolute Gasteiger partial charge is 0.489 e. The average molecular weight is 549 g/mol. The minimum Gasteiger partial charge on any atom is -0.489 e. The monoisotopic (exact) mass is 548 g/mol. The van der Waals surface area contributed by atoms with Crippen molar-refractivity contribution in [2.24, 2.45) is 0 Å². The van der Waals surface area contributed by atoms with Crippen molar-refractivity contribution >= 4 is 52.2 Å². The number of hydrogen-bond donors (Lipinski definition) is 2. The average Bonchev–Trinajstić information content (AvgIpc) is 3.16. The fraction of sp³-hybridized carbons (Fsp3) is 0.143. The zero-order valence-electron chi connectivity index (χ0n) is 20.5. The van der Waals surface area contributed by atoms with Crippen molar-refractivity contribution in [1.82, 2.24) is 10.4 Å². The summed E-state index contributed by atoms with van der Waals surface area (Å²) in [6.07, 6.45) is 0.480. The van der Waals surface area contributed by atoms with Gasteiger partial charge in [0.25, 0.3) is 11.8 Å². The first-order valence-electron chi connectivity index (χ1n) is 11.6. The van der Waals surface area contributed by atoms with Crippen LogP contribution in [0, 0.1) is 6.92 Å². The van der Waals surface area contributed by atoms with Gasteiger partial charge in [0.15, 0.2) is 10.4 Å². The Hall–Kier alpha value is -4.15. The highest BCUT2D eigenvalue weighted by atomic mass is 32.2. The number of carboxylic acids is 1. The SMILES string of the molecule is Cc1ccc(COc2ccc(C(=O)NN3C(=O)/C(=C\c4ccccc4OC(C)C(=O)O)SC3=S)cc2)cc1. The van der Waals surface area contributed by atoms with Crippen LogP contribution in [0.5, 0.6) is 11.5 Å². The highest BCUT2D eigenvalue weighted by molar-refractivity contribution is 8.26. The van der Waals surface area contributed by atoms with Crippen LogP contribution in [-0.2, 0) is 16.2 Å². The summed E-state index contributed by atoms with van der Waals surface area (Å²) in [6, 6.07) is 21.3. The van der Waals surface area contributed by atoms with Gasteiger partial charge < -0.3 is 14.6 Å². The van der Waals surface area contributed by atoms with Gasteiger partial charge >= 0.3 is 5.97 Å². The Balaban J connectivity index is 1.40. The normalized spacial score (nSPS) is 14.9. The van der Waals surface area contributed by atoms with Gasteiger partial charge in [-0.25, -0.2) is 4.79 Å². The fourth-order valence-corrected chi connectivity index (χ4v) is 4.54. The summed E-state index contributed by atoms with van der Waals surface area (Å²) >= 11 is 6.33. The maximum absolute atomic E-state index is 13.0. The number of thioether (sulfide) groups is 1. The minimum absolute atomic E-state index is 0.157. The lowest BCUT2D eigenvalue weighted by molar-refractivity contribution is -0.144. The number of aliphatic carboxylic acids is 1. The number of thiocarbonyl (C=S) groups is 1. The van der Waals surface area contributed by atoms with Crippen molar-refractivity contribution in [2.45, 2.75) is 26.6 Å². The first-order chi connectivity index (χ1) is 18.2. The van der Waals surface area contributed by atoms with E-state index in [1.165, 1.54) is 12.5 Å². The molecule has 1 aliphatic rings. The molecule has 8 nitrogen and oxygen atoms in total. The number of hydrazine groups is 1. The molecule has 0 spiro atoms. The number of carbonyl (C=O) groups is 3. The molecule has 2 amide bonds. The maximum Gasteiger partial charge on any atom is 0.344 e. The zero-order chi connectivity index (χ0) is 27.2. The Morgan fingerprint density at radius 2 is 1.76 bits per heavy atom. The van der Waals surface area contributed by atoms with Crippen LogP contribution in [0.4, 0.5) is 0 Å². The standard InChI is InChI=1S/C28H24N2O6S2/c1-17-7-9-19(10-8-17)16-35-22-13-11-20(12-14-22)25(31)29-30-26(32)24(38-28(30)37)15-21-5-3-4-6-23(21)36-18(2)27(33)34/h3-15,18H,16H2,1-2H3,(H,29,31)(H,33,34)/b24-15+. The Morgan fingerprint density at radius 3 is 2.45 bits per heavy atom. The van der Waals surface area contributed by atoms with E-state index in [1.54, 1.807) is 54.6 Å². The molecular formula is C28H24N2O6S2. The van der Waals surface area contributed by atoms with E-state index < -0.39 is 23.9 Å². The molecule has 1 heterocycles. The molecule has 194 valence electrons. The maximum atomic E-state index is 13.0. The van der Waals surface area contributed by atoms with Crippen molar-refractivity contribution in [3.63, 3.8) is 0 Å². The first-order valence-corrected chi connectivity index (χ1v) is 12.8. The summed E-state index contributed by atoms with van der Waals surface area (Å²) in [5, 5.41) is 10.1. The van der Waals surface area contributed by atoms with E-state index in [1.807, 2.05) is 31.2 Å². The van der Waals surface area contributed by atoms with Crippen LogP contribution in [0.2, 0.25) is 0 Å². The third-order valence-corrected chi connectivity index (χ3v) is 6.81. The van der Waals surface area contributed by atoms with E-state index in [-0.39, 0.29) is 9.23 Å². The number of nitrogens with zero attached hydrogens (tertiary/aromatic N) is 1. The van der Waals surface area contributed by atoms with Crippen LogP contribution in [-0.4, -0.2) is 38.3 Å². The van der Waals surface area contributed by atoms with Crippen molar-refractivity contribution < 1.29 is 29.0 Å². The van der Waals surface area contributed by atoms with Gasteiger partial charge in [-0.2, -0.15) is 5.01 Å². The van der Waals surface area contributed by atoms with E-state index in [9.17, 15) is 14.4 Å². The van der Waals surface area contributed by atoms with Crippen molar-refractivity contribution in [1.29, 1.82) is 0 Å². The Kier molecular flexibility index (Phi) is 8.45. The number of aryl methyl sites for hydroxylation is 1. The lowest BCUT2D eigenvalue weighted by Crippen LogP contribution is -2.44. The molecule has 1 unspecified atom stereocenters. The number of para-hydroxylation sites is 1. The number of nitrogens with one attached hydrogen (secondary N) is 1. The van der Waals surface area contributed by atoms with E-state index in [4.69, 9.17) is 26.8 Å². The number of carboxylic acid groups (broad SMARTS) is 1. The van der Waals surface area contributed by atoms with Crippen molar-refractivity contribution in [3.8, 4) is 11.5 Å². The van der Waals surface area contributed by atoms with Crippen LogP contribution in [0.1, 0.15) is 34.0 Å². The summed E-state index contributed by atoms with van der Waals surface area (Å²) < 4.78 is 11.4. The molecule has 1 saturated heterocycles. The second-order valence-electron chi connectivity index (χ2n) is 8.39. The molecule has 1 fully saturated rings. The quantitative estimate of drug-likeness (QED) is 0.285. The fourth-order valence-electron chi connectivity index (χ4n) is 3.37. The van der Waals surface area contributed by atoms with Crippen LogP contribution in [0.3, 0.4) is 0 Å². The second-order valence-corrected chi connectivity index (χ2v) is 10.1. The molecule has 0 bridgehead atoms. The molecule has 2 N–H and O–H groups in total. The second kappa shape index (κ2) is 11.9. The minimum atomic E-state index is -1.11. The number of carbonyl (C=O) groups excluding carboxylic acids is 2. The van der Waals surface area contributed by atoms with Gasteiger partial charge in [-0.15, -0.1) is 0 Å². The topological polar surface area (TPSA) is 105 Å².